The number of aliphatic hydroxyl groups excluding tert-OH is 1. The van der Waals surface area contributed by atoms with E-state index >= 15 is 0 Å². The quantitative estimate of drug-likeness (QED) is 0.751. The van der Waals surface area contributed by atoms with E-state index in [1.165, 1.54) is 6.07 Å². The highest BCUT2D eigenvalue weighted by Gasteiger charge is 2.31. The minimum absolute atomic E-state index is 0.0516. The summed E-state index contributed by atoms with van der Waals surface area (Å²) in [6.07, 6.45) is -3.94. The molecular weight excluding hydrogens is 347 g/mol. The fourth-order valence-corrected chi connectivity index (χ4v) is 2.70. The average Bonchev–Trinajstić information content (AvgIpc) is 2.59. The maximum Gasteiger partial charge on any atom is 0.416 e. The van der Waals surface area contributed by atoms with Crippen LogP contribution in [-0.4, -0.2) is 34.2 Å². The minimum atomic E-state index is -4.53. The van der Waals surface area contributed by atoms with Crippen LogP contribution in [0.5, 0.6) is 0 Å². The lowest BCUT2D eigenvalue weighted by atomic mass is 10.0. The predicted octanol–water partition coefficient (Wildman–Crippen LogP) is 3.33. The Labute approximate surface area is 149 Å². The van der Waals surface area contributed by atoms with Crippen LogP contribution >= 0.6 is 0 Å². The molecule has 0 heterocycles. The summed E-state index contributed by atoms with van der Waals surface area (Å²) in [6.45, 7) is -0.353. The number of benzene rings is 2. The molecule has 0 amide bonds. The molecule has 0 aromatic heterocycles. The van der Waals surface area contributed by atoms with E-state index in [1.54, 1.807) is 4.90 Å². The maximum absolute atomic E-state index is 13.0. The van der Waals surface area contributed by atoms with Crippen molar-refractivity contribution in [3.05, 3.63) is 70.8 Å². The number of halogens is 3. The van der Waals surface area contributed by atoms with Gasteiger partial charge >= 0.3 is 12.1 Å². The normalized spacial score (nSPS) is 11.7. The van der Waals surface area contributed by atoms with Gasteiger partial charge in [0.2, 0.25) is 0 Å². The molecule has 0 aliphatic carbocycles. The summed E-state index contributed by atoms with van der Waals surface area (Å²) >= 11 is 0. The van der Waals surface area contributed by atoms with Gasteiger partial charge < -0.3 is 10.2 Å². The van der Waals surface area contributed by atoms with Crippen molar-refractivity contribution in [3.8, 4) is 0 Å². The first kappa shape index (κ1) is 19.9. The molecule has 2 aromatic carbocycles. The van der Waals surface area contributed by atoms with Crippen molar-refractivity contribution < 1.29 is 28.2 Å². The second-order valence-corrected chi connectivity index (χ2v) is 6.03. The molecule has 0 saturated heterocycles. The van der Waals surface area contributed by atoms with Crippen LogP contribution in [-0.2, 0) is 30.5 Å². The largest absolute Gasteiger partial charge is 0.480 e. The highest BCUT2D eigenvalue weighted by Crippen LogP contribution is 2.31. The molecule has 140 valence electrons. The molecule has 0 aliphatic heterocycles. The average molecular weight is 367 g/mol. The molecule has 4 nitrogen and oxygen atoms in total. The van der Waals surface area contributed by atoms with Crippen LogP contribution in [0.3, 0.4) is 0 Å². The monoisotopic (exact) mass is 367 g/mol. The van der Waals surface area contributed by atoms with Crippen molar-refractivity contribution >= 4 is 5.97 Å². The van der Waals surface area contributed by atoms with Crippen molar-refractivity contribution in [2.75, 3.05) is 13.1 Å². The van der Waals surface area contributed by atoms with Crippen molar-refractivity contribution in [3.63, 3.8) is 0 Å². The second-order valence-electron chi connectivity index (χ2n) is 6.03. The summed E-state index contributed by atoms with van der Waals surface area (Å²) in [4.78, 5) is 12.7. The van der Waals surface area contributed by atoms with Gasteiger partial charge in [-0.05, 0) is 35.2 Å². The Morgan fingerprint density at radius 1 is 1.00 bits per heavy atom. The SMILES string of the molecule is O=C(O)CN(CCc1ccccc1)Cc1cc(CO)cc(C(F)(F)F)c1. The molecule has 0 spiro atoms. The lowest BCUT2D eigenvalue weighted by molar-refractivity contribution is -0.139. The number of aliphatic carboxylic acids is 1. The molecular formula is C19H20F3NO3. The Kier molecular flexibility index (Phi) is 6.76. The summed E-state index contributed by atoms with van der Waals surface area (Å²) in [6, 6.07) is 12.8. The molecule has 0 atom stereocenters. The zero-order valence-corrected chi connectivity index (χ0v) is 14.0. The van der Waals surface area contributed by atoms with E-state index in [1.807, 2.05) is 30.3 Å². The Hall–Kier alpha value is -2.38. The van der Waals surface area contributed by atoms with Gasteiger partial charge in [0.25, 0.3) is 0 Å². The molecule has 0 unspecified atom stereocenters. The fourth-order valence-electron chi connectivity index (χ4n) is 2.70. The summed E-state index contributed by atoms with van der Waals surface area (Å²) < 4.78 is 39.0. The van der Waals surface area contributed by atoms with Gasteiger partial charge in [0.05, 0.1) is 18.7 Å². The lowest BCUT2D eigenvalue weighted by Gasteiger charge is -2.21. The third-order valence-electron chi connectivity index (χ3n) is 3.89. The summed E-state index contributed by atoms with van der Waals surface area (Å²) in [5.41, 5.74) is 0.631. The van der Waals surface area contributed by atoms with E-state index in [4.69, 9.17) is 5.11 Å². The molecule has 0 fully saturated rings. The summed E-state index contributed by atoms with van der Waals surface area (Å²) in [5, 5.41) is 18.3. The Balaban J connectivity index is 2.17. The fraction of sp³-hybridized carbons (Fsp3) is 0.316. The Morgan fingerprint density at radius 3 is 2.23 bits per heavy atom. The number of carbonyl (C=O) groups is 1. The van der Waals surface area contributed by atoms with Crippen LogP contribution in [0.25, 0.3) is 0 Å². The van der Waals surface area contributed by atoms with E-state index in [0.29, 0.717) is 18.5 Å². The maximum atomic E-state index is 13.0. The van der Waals surface area contributed by atoms with E-state index in [0.717, 1.165) is 17.7 Å². The van der Waals surface area contributed by atoms with Gasteiger partial charge in [0.15, 0.2) is 0 Å². The standard InChI is InChI=1S/C19H20F3NO3/c20-19(21,22)17-9-15(8-16(10-17)13-24)11-23(12-18(25)26)7-6-14-4-2-1-3-5-14/h1-5,8-10,24H,6-7,11-13H2,(H,25,26). The number of rotatable bonds is 8. The van der Waals surface area contributed by atoms with Gasteiger partial charge in [-0.3, -0.25) is 9.69 Å². The third-order valence-corrected chi connectivity index (χ3v) is 3.89. The van der Waals surface area contributed by atoms with Crippen LogP contribution in [0.4, 0.5) is 13.2 Å². The lowest BCUT2D eigenvalue weighted by Crippen LogP contribution is -2.31. The van der Waals surface area contributed by atoms with E-state index in [2.05, 4.69) is 0 Å². The van der Waals surface area contributed by atoms with Gasteiger partial charge in [-0.15, -0.1) is 0 Å². The number of hydrogen-bond donors (Lipinski definition) is 2. The summed E-state index contributed by atoms with van der Waals surface area (Å²) in [7, 11) is 0. The van der Waals surface area contributed by atoms with Crippen LogP contribution in [0.1, 0.15) is 22.3 Å². The zero-order chi connectivity index (χ0) is 19.2. The van der Waals surface area contributed by atoms with Crippen molar-refractivity contribution in [1.82, 2.24) is 4.90 Å². The van der Waals surface area contributed by atoms with Crippen molar-refractivity contribution in [2.45, 2.75) is 25.7 Å². The molecule has 2 aromatic rings. The topological polar surface area (TPSA) is 60.8 Å². The van der Waals surface area contributed by atoms with E-state index < -0.39 is 24.3 Å². The van der Waals surface area contributed by atoms with Gasteiger partial charge in [-0.1, -0.05) is 36.4 Å². The molecule has 2 rings (SSSR count). The molecule has 0 aliphatic rings. The molecule has 0 bridgehead atoms. The number of carboxylic acids is 1. The molecule has 2 N–H and O–H groups in total. The summed E-state index contributed by atoms with van der Waals surface area (Å²) in [5.74, 6) is -1.05. The molecule has 0 radical (unpaired) electrons. The first-order valence-corrected chi connectivity index (χ1v) is 8.07. The smallest absolute Gasteiger partial charge is 0.416 e. The van der Waals surface area contributed by atoms with Crippen LogP contribution in [0.2, 0.25) is 0 Å². The number of alkyl halides is 3. The van der Waals surface area contributed by atoms with Gasteiger partial charge in [-0.25, -0.2) is 0 Å². The Bertz CT molecular complexity index is 733. The minimum Gasteiger partial charge on any atom is -0.480 e. The van der Waals surface area contributed by atoms with Gasteiger partial charge in [0, 0.05) is 13.1 Å². The van der Waals surface area contributed by atoms with Crippen molar-refractivity contribution in [2.24, 2.45) is 0 Å². The van der Waals surface area contributed by atoms with E-state index in [-0.39, 0.29) is 18.7 Å². The molecule has 0 saturated carbocycles. The molecule has 7 heteroatoms. The van der Waals surface area contributed by atoms with Crippen LogP contribution < -0.4 is 0 Å². The number of hydrogen-bond acceptors (Lipinski definition) is 3. The van der Waals surface area contributed by atoms with Gasteiger partial charge in [0.1, 0.15) is 0 Å². The predicted molar refractivity (Wildman–Crippen MR) is 90.4 cm³/mol. The molecule has 26 heavy (non-hydrogen) atoms. The first-order chi connectivity index (χ1) is 12.3. The van der Waals surface area contributed by atoms with E-state index in [9.17, 15) is 23.1 Å². The zero-order valence-electron chi connectivity index (χ0n) is 14.0. The third kappa shape index (κ3) is 6.16. The highest BCUT2D eigenvalue weighted by molar-refractivity contribution is 5.69. The van der Waals surface area contributed by atoms with Crippen LogP contribution in [0.15, 0.2) is 48.5 Å². The Morgan fingerprint density at radius 2 is 1.65 bits per heavy atom. The number of aliphatic hydroxyl groups is 1. The van der Waals surface area contributed by atoms with Crippen molar-refractivity contribution in [1.29, 1.82) is 0 Å². The first-order valence-electron chi connectivity index (χ1n) is 8.07. The second kappa shape index (κ2) is 8.82. The van der Waals surface area contributed by atoms with Crippen LogP contribution in [0, 0.1) is 0 Å². The number of carboxylic acid groups (broad SMARTS) is 1. The number of nitrogens with zero attached hydrogens (tertiary/aromatic N) is 1. The van der Waals surface area contributed by atoms with Gasteiger partial charge in [-0.2, -0.15) is 13.2 Å². The highest BCUT2D eigenvalue weighted by atomic mass is 19.4.